The number of fused-ring (bicyclic) bond motifs is 1. The number of nitrogens with zero attached hydrogens (tertiary/aromatic N) is 3. The Morgan fingerprint density at radius 1 is 1.03 bits per heavy atom. The summed E-state index contributed by atoms with van der Waals surface area (Å²) in [6, 6.07) is 11.8. The number of methoxy groups -OCH3 is 3. The van der Waals surface area contributed by atoms with Gasteiger partial charge >= 0.3 is 0 Å². The zero-order valence-corrected chi connectivity index (χ0v) is 18.0. The minimum absolute atomic E-state index is 0.0430. The van der Waals surface area contributed by atoms with Crippen LogP contribution in [0, 0.1) is 0 Å². The molecule has 0 amide bonds. The SMILES string of the molecule is COCCOc1cc2c(N3CCOC(c4ccc(OC)cc4)C3)cnnc2cc1OC. The lowest BCUT2D eigenvalue weighted by atomic mass is 10.1. The molecule has 8 nitrogen and oxygen atoms in total. The number of hydrogen-bond donors (Lipinski definition) is 0. The summed E-state index contributed by atoms with van der Waals surface area (Å²) >= 11 is 0. The van der Waals surface area contributed by atoms with Gasteiger partial charge in [-0.1, -0.05) is 12.1 Å². The normalized spacial score (nSPS) is 16.4. The molecule has 4 rings (SSSR count). The lowest BCUT2D eigenvalue weighted by Crippen LogP contribution is -2.38. The van der Waals surface area contributed by atoms with Crippen molar-refractivity contribution in [2.24, 2.45) is 0 Å². The van der Waals surface area contributed by atoms with E-state index in [1.807, 2.05) is 36.4 Å². The van der Waals surface area contributed by atoms with Crippen LogP contribution < -0.4 is 19.1 Å². The second-order valence-electron chi connectivity index (χ2n) is 7.17. The van der Waals surface area contributed by atoms with Gasteiger partial charge in [-0.25, -0.2) is 0 Å². The maximum absolute atomic E-state index is 6.05. The third kappa shape index (κ3) is 4.65. The van der Waals surface area contributed by atoms with Crippen molar-refractivity contribution in [3.05, 3.63) is 48.2 Å². The molecule has 0 spiro atoms. The Labute approximate surface area is 181 Å². The van der Waals surface area contributed by atoms with Crippen molar-refractivity contribution in [1.82, 2.24) is 10.2 Å². The van der Waals surface area contributed by atoms with Crippen LogP contribution in [0.25, 0.3) is 10.9 Å². The van der Waals surface area contributed by atoms with Crippen molar-refractivity contribution in [1.29, 1.82) is 0 Å². The first kappa shape index (κ1) is 21.1. The number of ether oxygens (including phenoxy) is 5. The zero-order valence-electron chi connectivity index (χ0n) is 18.0. The Kier molecular flexibility index (Phi) is 6.69. The first-order chi connectivity index (χ1) is 15.2. The molecule has 2 heterocycles. The van der Waals surface area contributed by atoms with E-state index in [-0.39, 0.29) is 6.10 Å². The predicted octanol–water partition coefficient (Wildman–Crippen LogP) is 3.25. The van der Waals surface area contributed by atoms with Crippen LogP contribution in [-0.4, -0.2) is 64.4 Å². The molecule has 1 aliphatic heterocycles. The number of anilines is 1. The van der Waals surface area contributed by atoms with Crippen LogP contribution in [0.4, 0.5) is 5.69 Å². The predicted molar refractivity (Wildman–Crippen MR) is 117 cm³/mol. The molecule has 2 aromatic carbocycles. The van der Waals surface area contributed by atoms with Gasteiger partial charge in [-0.2, -0.15) is 10.2 Å². The molecule has 1 aliphatic rings. The average Bonchev–Trinajstić information content (AvgIpc) is 2.83. The molecule has 1 aromatic heterocycles. The third-order valence-corrected chi connectivity index (χ3v) is 5.34. The number of hydrogen-bond acceptors (Lipinski definition) is 8. The van der Waals surface area contributed by atoms with E-state index in [2.05, 4.69) is 15.1 Å². The van der Waals surface area contributed by atoms with Crippen molar-refractivity contribution in [3.63, 3.8) is 0 Å². The van der Waals surface area contributed by atoms with Crippen LogP contribution in [-0.2, 0) is 9.47 Å². The summed E-state index contributed by atoms with van der Waals surface area (Å²) in [5.74, 6) is 2.10. The molecule has 31 heavy (non-hydrogen) atoms. The van der Waals surface area contributed by atoms with E-state index in [1.165, 1.54) is 0 Å². The highest BCUT2D eigenvalue weighted by Crippen LogP contribution is 2.37. The van der Waals surface area contributed by atoms with E-state index in [1.54, 1.807) is 27.5 Å². The molecule has 3 aromatic rings. The topological polar surface area (TPSA) is 75.2 Å². The van der Waals surface area contributed by atoms with Crippen LogP contribution in [0.15, 0.2) is 42.6 Å². The summed E-state index contributed by atoms with van der Waals surface area (Å²) in [7, 11) is 4.92. The Morgan fingerprint density at radius 2 is 1.87 bits per heavy atom. The highest BCUT2D eigenvalue weighted by molar-refractivity contribution is 5.93. The van der Waals surface area contributed by atoms with Gasteiger partial charge in [-0.3, -0.25) is 0 Å². The highest BCUT2D eigenvalue weighted by atomic mass is 16.5. The molecule has 1 unspecified atom stereocenters. The van der Waals surface area contributed by atoms with Crippen LogP contribution in [0.2, 0.25) is 0 Å². The summed E-state index contributed by atoms with van der Waals surface area (Å²) in [4.78, 5) is 2.28. The van der Waals surface area contributed by atoms with Crippen molar-refractivity contribution in [2.45, 2.75) is 6.10 Å². The molecule has 1 saturated heterocycles. The molecule has 8 heteroatoms. The minimum atomic E-state index is -0.0430. The van der Waals surface area contributed by atoms with Gasteiger partial charge < -0.3 is 28.6 Å². The van der Waals surface area contributed by atoms with Gasteiger partial charge in [0.1, 0.15) is 18.5 Å². The number of aromatic nitrogens is 2. The molecule has 1 atom stereocenters. The summed E-state index contributed by atoms with van der Waals surface area (Å²) in [5, 5.41) is 9.48. The van der Waals surface area contributed by atoms with Crippen LogP contribution >= 0.6 is 0 Å². The first-order valence-corrected chi connectivity index (χ1v) is 10.2. The fraction of sp³-hybridized carbons (Fsp3) is 0.391. The van der Waals surface area contributed by atoms with E-state index in [0.717, 1.165) is 34.4 Å². The average molecular weight is 425 g/mol. The van der Waals surface area contributed by atoms with Gasteiger partial charge in [-0.15, -0.1) is 0 Å². The summed E-state index contributed by atoms with van der Waals surface area (Å²) in [6.45, 7) is 3.02. The second kappa shape index (κ2) is 9.80. The zero-order chi connectivity index (χ0) is 21.6. The van der Waals surface area contributed by atoms with E-state index >= 15 is 0 Å². The minimum Gasteiger partial charge on any atom is -0.497 e. The monoisotopic (exact) mass is 425 g/mol. The van der Waals surface area contributed by atoms with Gasteiger partial charge in [0.05, 0.1) is 44.8 Å². The highest BCUT2D eigenvalue weighted by Gasteiger charge is 2.24. The number of morpholine rings is 1. The standard InChI is InChI=1S/C23H27N3O5/c1-27-10-11-31-22-12-18-19(13-21(22)29-3)25-24-14-20(18)26-8-9-30-23(15-26)16-4-6-17(28-2)7-5-16/h4-7,12-14,23H,8-11,15H2,1-3H3. The van der Waals surface area contributed by atoms with Crippen LogP contribution in [0.1, 0.15) is 11.7 Å². The molecule has 164 valence electrons. The first-order valence-electron chi connectivity index (χ1n) is 10.2. The molecule has 0 N–H and O–H groups in total. The lowest BCUT2D eigenvalue weighted by Gasteiger charge is -2.35. The Bertz CT molecular complexity index is 1010. The molecule has 1 fully saturated rings. The summed E-state index contributed by atoms with van der Waals surface area (Å²) in [6.07, 6.45) is 1.75. The lowest BCUT2D eigenvalue weighted by molar-refractivity contribution is 0.0398. The smallest absolute Gasteiger partial charge is 0.163 e. The van der Waals surface area contributed by atoms with E-state index in [9.17, 15) is 0 Å². The van der Waals surface area contributed by atoms with Crippen molar-refractivity contribution in [3.8, 4) is 17.2 Å². The van der Waals surface area contributed by atoms with E-state index in [0.29, 0.717) is 37.9 Å². The fourth-order valence-corrected chi connectivity index (χ4v) is 3.70. The fourth-order valence-electron chi connectivity index (χ4n) is 3.70. The number of rotatable bonds is 8. The maximum atomic E-state index is 6.05. The molecule has 0 saturated carbocycles. The van der Waals surface area contributed by atoms with Crippen LogP contribution in [0.3, 0.4) is 0 Å². The quantitative estimate of drug-likeness (QED) is 0.509. The van der Waals surface area contributed by atoms with Crippen molar-refractivity contribution in [2.75, 3.05) is 59.1 Å². The molecule has 0 aliphatic carbocycles. The molecule has 0 radical (unpaired) electrons. The van der Waals surface area contributed by atoms with Gasteiger partial charge in [0.2, 0.25) is 0 Å². The summed E-state index contributed by atoms with van der Waals surface area (Å²) < 4.78 is 27.8. The van der Waals surface area contributed by atoms with Crippen LogP contribution in [0.5, 0.6) is 17.2 Å². The number of benzene rings is 2. The Balaban J connectivity index is 1.63. The largest absolute Gasteiger partial charge is 0.497 e. The van der Waals surface area contributed by atoms with Crippen molar-refractivity contribution >= 4 is 16.6 Å². The second-order valence-corrected chi connectivity index (χ2v) is 7.17. The van der Waals surface area contributed by atoms with Gasteiger partial charge in [0.25, 0.3) is 0 Å². The van der Waals surface area contributed by atoms with Gasteiger partial charge in [-0.05, 0) is 23.8 Å². The third-order valence-electron chi connectivity index (χ3n) is 5.34. The Morgan fingerprint density at radius 3 is 2.61 bits per heavy atom. The van der Waals surface area contributed by atoms with Gasteiger partial charge in [0, 0.05) is 31.7 Å². The molecular formula is C23H27N3O5. The van der Waals surface area contributed by atoms with Gasteiger partial charge in [0.15, 0.2) is 11.5 Å². The molecule has 0 bridgehead atoms. The van der Waals surface area contributed by atoms with E-state index in [4.69, 9.17) is 23.7 Å². The summed E-state index contributed by atoms with van der Waals surface area (Å²) in [5.41, 5.74) is 2.86. The maximum Gasteiger partial charge on any atom is 0.163 e. The Hall–Kier alpha value is -3.10. The van der Waals surface area contributed by atoms with Crippen molar-refractivity contribution < 1.29 is 23.7 Å². The molecular weight excluding hydrogens is 398 g/mol. The van der Waals surface area contributed by atoms with E-state index < -0.39 is 0 Å².